The number of carbonyl (C=O) groups excluding carboxylic acids is 1. The van der Waals surface area contributed by atoms with Crippen LogP contribution in [0.4, 0.5) is 16.4 Å². The number of phenols is 1. The maximum Gasteiger partial charge on any atom is 0.341 e. The molecule has 0 saturated carbocycles. The molecular formula is C22H19N3O3S. The van der Waals surface area contributed by atoms with E-state index >= 15 is 0 Å². The lowest BCUT2D eigenvalue weighted by Gasteiger charge is -2.02. The van der Waals surface area contributed by atoms with Gasteiger partial charge in [-0.3, -0.25) is 0 Å². The zero-order valence-electron chi connectivity index (χ0n) is 15.8. The summed E-state index contributed by atoms with van der Waals surface area (Å²) in [5, 5.41) is 19.2. The lowest BCUT2D eigenvalue weighted by atomic mass is 10.1. The van der Waals surface area contributed by atoms with Gasteiger partial charge in [0.1, 0.15) is 10.8 Å². The molecule has 2 aromatic carbocycles. The molecule has 29 heavy (non-hydrogen) atoms. The minimum Gasteiger partial charge on any atom is -0.507 e. The first kappa shape index (κ1) is 19.0. The van der Waals surface area contributed by atoms with Crippen molar-refractivity contribution in [2.75, 3.05) is 7.11 Å². The quantitative estimate of drug-likeness (QED) is 0.326. The summed E-state index contributed by atoms with van der Waals surface area (Å²) in [5.74, 6) is -0.290. The molecule has 1 aliphatic rings. The van der Waals surface area contributed by atoms with Crippen LogP contribution in [0.2, 0.25) is 0 Å². The number of phenolic OH excluding ortho intramolecular Hbond substituents is 1. The van der Waals surface area contributed by atoms with E-state index in [1.165, 1.54) is 23.3 Å². The minimum atomic E-state index is -0.369. The van der Waals surface area contributed by atoms with Crippen LogP contribution in [0.15, 0.2) is 63.8 Å². The third-order valence-corrected chi connectivity index (χ3v) is 5.86. The Hall–Kier alpha value is -3.32. The molecule has 0 aliphatic heterocycles. The van der Waals surface area contributed by atoms with Gasteiger partial charge in [-0.05, 0) is 55.2 Å². The normalized spacial score (nSPS) is 13.3. The van der Waals surface area contributed by atoms with Crippen molar-refractivity contribution in [2.45, 2.75) is 19.3 Å². The Bertz CT molecular complexity index is 1100. The molecule has 7 heteroatoms. The van der Waals surface area contributed by atoms with E-state index in [0.29, 0.717) is 21.8 Å². The van der Waals surface area contributed by atoms with Crippen LogP contribution in [0.3, 0.4) is 0 Å². The Morgan fingerprint density at radius 3 is 2.69 bits per heavy atom. The van der Waals surface area contributed by atoms with Crippen LogP contribution in [-0.2, 0) is 17.6 Å². The average molecular weight is 405 g/mol. The molecule has 6 nitrogen and oxygen atoms in total. The third kappa shape index (κ3) is 4.09. The Labute approximate surface area is 172 Å². The van der Waals surface area contributed by atoms with E-state index in [1.54, 1.807) is 24.4 Å². The number of fused-ring (bicyclic) bond motifs is 1. The van der Waals surface area contributed by atoms with Crippen molar-refractivity contribution in [1.29, 1.82) is 0 Å². The zero-order chi connectivity index (χ0) is 20.2. The van der Waals surface area contributed by atoms with E-state index in [4.69, 9.17) is 4.74 Å². The molecule has 1 heterocycles. The number of hydrogen-bond donors (Lipinski definition) is 1. The highest BCUT2D eigenvalue weighted by Gasteiger charge is 2.26. The van der Waals surface area contributed by atoms with E-state index < -0.39 is 0 Å². The second-order valence-corrected chi connectivity index (χ2v) is 7.65. The van der Waals surface area contributed by atoms with Crippen LogP contribution in [0.5, 0.6) is 5.75 Å². The molecule has 1 aromatic heterocycles. The number of rotatable bonds is 5. The van der Waals surface area contributed by atoms with Gasteiger partial charge in [0.15, 0.2) is 0 Å². The number of aryl methyl sites for hydroxylation is 1. The fraction of sp³-hybridized carbons (Fsp3) is 0.182. The van der Waals surface area contributed by atoms with E-state index in [9.17, 15) is 9.90 Å². The van der Waals surface area contributed by atoms with Gasteiger partial charge >= 0.3 is 5.97 Å². The number of ether oxygens (including phenoxy) is 1. The highest BCUT2D eigenvalue weighted by Crippen LogP contribution is 2.41. The number of benzene rings is 2. The largest absolute Gasteiger partial charge is 0.507 e. The molecule has 0 spiro atoms. The minimum absolute atomic E-state index is 0.0797. The average Bonchev–Trinajstić information content (AvgIpc) is 3.33. The molecule has 4 rings (SSSR count). The summed E-state index contributed by atoms with van der Waals surface area (Å²) in [5.41, 5.74) is 3.42. The zero-order valence-corrected chi connectivity index (χ0v) is 16.6. The topological polar surface area (TPSA) is 83.6 Å². The predicted molar refractivity (Wildman–Crippen MR) is 114 cm³/mol. The van der Waals surface area contributed by atoms with Crippen molar-refractivity contribution in [2.24, 2.45) is 15.2 Å². The summed E-state index contributed by atoms with van der Waals surface area (Å²) in [6.45, 7) is 0. The SMILES string of the molecule is COC(=O)c1c(/N=C/c2cc(N=Nc3ccccc3)ccc2O)sc2c1CCC2. The van der Waals surface area contributed by atoms with Crippen molar-refractivity contribution in [3.63, 3.8) is 0 Å². The number of esters is 1. The number of nitrogens with zero attached hydrogens (tertiary/aromatic N) is 3. The molecule has 0 bridgehead atoms. The molecule has 0 amide bonds. The van der Waals surface area contributed by atoms with Crippen LogP contribution in [-0.4, -0.2) is 24.4 Å². The summed E-state index contributed by atoms with van der Waals surface area (Å²) < 4.78 is 4.95. The van der Waals surface area contributed by atoms with E-state index in [0.717, 1.165) is 30.5 Å². The number of methoxy groups -OCH3 is 1. The van der Waals surface area contributed by atoms with Gasteiger partial charge in [0.05, 0.1) is 24.0 Å². The Balaban J connectivity index is 1.62. The fourth-order valence-electron chi connectivity index (χ4n) is 3.24. The van der Waals surface area contributed by atoms with Gasteiger partial charge < -0.3 is 9.84 Å². The number of hydrogen-bond acceptors (Lipinski definition) is 7. The smallest absolute Gasteiger partial charge is 0.341 e. The van der Waals surface area contributed by atoms with Crippen LogP contribution < -0.4 is 0 Å². The highest BCUT2D eigenvalue weighted by molar-refractivity contribution is 7.16. The van der Waals surface area contributed by atoms with Crippen molar-refractivity contribution in [3.05, 3.63) is 70.1 Å². The van der Waals surface area contributed by atoms with Gasteiger partial charge in [-0.1, -0.05) is 18.2 Å². The van der Waals surface area contributed by atoms with Gasteiger partial charge in [-0.15, -0.1) is 11.3 Å². The summed E-state index contributed by atoms with van der Waals surface area (Å²) in [4.78, 5) is 17.9. The predicted octanol–water partition coefficient (Wildman–Crippen LogP) is 5.90. The van der Waals surface area contributed by atoms with E-state index in [1.807, 2.05) is 30.3 Å². The molecular weight excluding hydrogens is 386 g/mol. The maximum absolute atomic E-state index is 12.2. The van der Waals surface area contributed by atoms with Crippen LogP contribution in [0.1, 0.15) is 32.8 Å². The van der Waals surface area contributed by atoms with Gasteiger partial charge in [0, 0.05) is 16.7 Å². The number of azo groups is 1. The summed E-state index contributed by atoms with van der Waals surface area (Å²) in [6.07, 6.45) is 4.42. The first-order valence-corrected chi connectivity index (χ1v) is 10.0. The Morgan fingerprint density at radius 2 is 1.90 bits per heavy atom. The summed E-state index contributed by atoms with van der Waals surface area (Å²) >= 11 is 1.51. The van der Waals surface area contributed by atoms with Gasteiger partial charge in [0.25, 0.3) is 0 Å². The first-order valence-electron chi connectivity index (χ1n) is 9.22. The van der Waals surface area contributed by atoms with Crippen molar-refractivity contribution in [1.82, 2.24) is 0 Å². The second kappa shape index (κ2) is 8.36. The Kier molecular flexibility index (Phi) is 5.48. The lowest BCUT2D eigenvalue weighted by molar-refractivity contribution is 0.0601. The standard InChI is InChI=1S/C22H19N3O3S/c1-28-22(27)20-17-8-5-9-19(17)29-21(20)23-13-14-12-16(10-11-18(14)26)25-24-15-6-3-2-4-7-15/h2-4,6-7,10-13,26H,5,8-9H2,1H3/b23-13+,25-24?. The van der Waals surface area contributed by atoms with Crippen LogP contribution >= 0.6 is 11.3 Å². The Morgan fingerprint density at radius 1 is 1.10 bits per heavy atom. The fourth-order valence-corrected chi connectivity index (χ4v) is 4.46. The van der Waals surface area contributed by atoms with Gasteiger partial charge in [-0.25, -0.2) is 9.79 Å². The molecule has 1 aliphatic carbocycles. The molecule has 0 unspecified atom stereocenters. The molecule has 0 atom stereocenters. The van der Waals surface area contributed by atoms with Crippen molar-refractivity contribution < 1.29 is 14.6 Å². The summed E-state index contributed by atoms with van der Waals surface area (Å²) in [6, 6.07) is 14.3. The van der Waals surface area contributed by atoms with Crippen LogP contribution in [0, 0.1) is 0 Å². The molecule has 0 radical (unpaired) electrons. The molecule has 0 fully saturated rings. The van der Waals surface area contributed by atoms with E-state index in [-0.39, 0.29) is 11.7 Å². The second-order valence-electron chi connectivity index (χ2n) is 6.57. The number of aromatic hydroxyl groups is 1. The monoisotopic (exact) mass is 405 g/mol. The molecule has 1 N–H and O–H groups in total. The maximum atomic E-state index is 12.2. The van der Waals surface area contributed by atoms with Crippen molar-refractivity contribution >= 4 is 39.9 Å². The lowest BCUT2D eigenvalue weighted by Crippen LogP contribution is -2.03. The van der Waals surface area contributed by atoms with E-state index in [2.05, 4.69) is 15.2 Å². The third-order valence-electron chi connectivity index (χ3n) is 4.66. The highest BCUT2D eigenvalue weighted by atomic mass is 32.1. The summed E-state index contributed by atoms with van der Waals surface area (Å²) in [7, 11) is 1.38. The van der Waals surface area contributed by atoms with Crippen molar-refractivity contribution in [3.8, 4) is 5.75 Å². The first-order chi connectivity index (χ1) is 14.2. The van der Waals surface area contributed by atoms with Crippen LogP contribution in [0.25, 0.3) is 0 Å². The molecule has 3 aromatic rings. The number of thiophene rings is 1. The molecule has 146 valence electrons. The van der Waals surface area contributed by atoms with Gasteiger partial charge in [0.2, 0.25) is 0 Å². The number of carbonyl (C=O) groups is 1. The van der Waals surface area contributed by atoms with Gasteiger partial charge in [-0.2, -0.15) is 10.2 Å². The molecule has 0 saturated heterocycles. The number of aliphatic imine (C=N–C) groups is 1.